The number of methoxy groups -OCH3 is 1. The molecule has 1 fully saturated rings. The quantitative estimate of drug-likeness (QED) is 0.400. The molecule has 0 heterocycles. The van der Waals surface area contributed by atoms with Crippen molar-refractivity contribution in [1.29, 1.82) is 0 Å². The van der Waals surface area contributed by atoms with Crippen molar-refractivity contribution in [2.24, 2.45) is 17.8 Å². The number of rotatable bonds is 4. The second-order valence-corrected chi connectivity index (χ2v) is 12.1. The number of hydrogen-bond acceptors (Lipinski definition) is 7. The summed E-state index contributed by atoms with van der Waals surface area (Å²) in [6.45, 7) is 5.14. The van der Waals surface area contributed by atoms with Gasteiger partial charge >= 0.3 is 0 Å². The molecule has 2 aromatic rings. The number of aliphatic hydroxyl groups is 2. The summed E-state index contributed by atoms with van der Waals surface area (Å²) in [4.78, 5) is 54.5. The monoisotopic (exact) mass is 578 g/mol. The molecule has 2 aromatic carbocycles. The molecule has 3 aliphatic rings. The van der Waals surface area contributed by atoms with E-state index < -0.39 is 64.0 Å². The number of nitrogens with one attached hydrogen (secondary N) is 2. The summed E-state index contributed by atoms with van der Waals surface area (Å²) in [6.07, 6.45) is 0.432. The Kier molecular flexibility index (Phi) is 7.19. The molecule has 3 aliphatic carbocycles. The summed E-state index contributed by atoms with van der Waals surface area (Å²) in [5.41, 5.74) is -0.0711. The fourth-order valence-corrected chi connectivity index (χ4v) is 6.39. The summed E-state index contributed by atoms with van der Waals surface area (Å²) >= 11 is 6.48. The molecule has 0 aromatic heterocycles. The third kappa shape index (κ3) is 4.88. The summed E-state index contributed by atoms with van der Waals surface area (Å²) < 4.78 is 5.42. The Balaban J connectivity index is 1.64. The van der Waals surface area contributed by atoms with Crippen molar-refractivity contribution in [2.75, 3.05) is 7.11 Å². The molecule has 1 saturated carbocycles. The zero-order valence-corrected chi connectivity index (χ0v) is 23.8. The van der Waals surface area contributed by atoms with Gasteiger partial charge in [-0.05, 0) is 69.4 Å². The molecule has 2 amide bonds. The molecule has 0 radical (unpaired) electrons. The number of aliphatic hydroxyl groups excluding tert-OH is 2. The Morgan fingerprint density at radius 1 is 1.00 bits per heavy atom. The number of hydrogen-bond donors (Lipinski definition) is 4. The molecule has 0 spiro atoms. The second kappa shape index (κ2) is 10.4. The Morgan fingerprint density at radius 3 is 2.32 bits per heavy atom. The standard InChI is InChI=1S/C31H31ClN2O7/c1-31(2,3)34-30(40)23-27(37)22-17(24(28(23)38)33-29(39)14-8-6-5-7-9-14)13-15-12-16-18(32)10-11-19(41-4)21(16)25(35)20(15)26(22)36/h5-11,15,17,22,24,35,37H,12-13H2,1-4H3,(H,33,39)(H,34,40). The Labute approximate surface area is 242 Å². The first-order valence-electron chi connectivity index (χ1n) is 13.3. The Bertz CT molecular complexity index is 1540. The van der Waals surface area contributed by atoms with Crippen molar-refractivity contribution in [3.63, 3.8) is 0 Å². The topological polar surface area (TPSA) is 142 Å². The van der Waals surface area contributed by atoms with E-state index in [0.717, 1.165) is 0 Å². The van der Waals surface area contributed by atoms with Crippen molar-refractivity contribution in [3.8, 4) is 5.75 Å². The van der Waals surface area contributed by atoms with Gasteiger partial charge in [-0.25, -0.2) is 0 Å². The van der Waals surface area contributed by atoms with Gasteiger partial charge in [0.15, 0.2) is 11.6 Å². The van der Waals surface area contributed by atoms with Crippen LogP contribution in [-0.2, 0) is 20.8 Å². The number of fused-ring (bicyclic) bond motifs is 3. The van der Waals surface area contributed by atoms with Gasteiger partial charge in [0, 0.05) is 27.6 Å². The van der Waals surface area contributed by atoms with E-state index in [1.165, 1.54) is 7.11 Å². The average molecular weight is 579 g/mol. The lowest BCUT2D eigenvalue weighted by atomic mass is 9.60. The van der Waals surface area contributed by atoms with Crippen LogP contribution >= 0.6 is 11.6 Å². The predicted octanol–water partition coefficient (Wildman–Crippen LogP) is 4.10. The van der Waals surface area contributed by atoms with E-state index in [4.69, 9.17) is 16.3 Å². The summed E-state index contributed by atoms with van der Waals surface area (Å²) in [6, 6.07) is 10.2. The molecule has 214 valence electrons. The molecule has 9 nitrogen and oxygen atoms in total. The number of carbonyl (C=O) groups is 4. The van der Waals surface area contributed by atoms with E-state index in [1.54, 1.807) is 63.2 Å². The van der Waals surface area contributed by atoms with E-state index in [9.17, 15) is 29.4 Å². The van der Waals surface area contributed by atoms with Crippen LogP contribution in [0.1, 0.15) is 48.7 Å². The van der Waals surface area contributed by atoms with Gasteiger partial charge < -0.3 is 25.6 Å². The zero-order chi connectivity index (χ0) is 29.8. The Morgan fingerprint density at radius 2 is 1.68 bits per heavy atom. The van der Waals surface area contributed by atoms with E-state index in [0.29, 0.717) is 27.5 Å². The lowest BCUT2D eigenvalue weighted by Gasteiger charge is -2.44. The first-order chi connectivity index (χ1) is 19.3. The first kappa shape index (κ1) is 28.4. The number of amides is 2. The van der Waals surface area contributed by atoms with Crippen LogP contribution in [0.4, 0.5) is 0 Å². The Hall–Kier alpha value is -4.11. The normalized spacial score (nSPS) is 23.8. The highest BCUT2D eigenvalue weighted by molar-refractivity contribution is 6.32. The highest BCUT2D eigenvalue weighted by Crippen LogP contribution is 2.51. The molecule has 0 saturated heterocycles. The summed E-state index contributed by atoms with van der Waals surface area (Å²) in [5.74, 6) is -6.23. The lowest BCUT2D eigenvalue weighted by Crippen LogP contribution is -2.58. The summed E-state index contributed by atoms with van der Waals surface area (Å²) in [5, 5.41) is 28.6. The third-order valence-corrected chi connectivity index (χ3v) is 8.22. The van der Waals surface area contributed by atoms with Crippen LogP contribution in [0.2, 0.25) is 5.02 Å². The first-order valence-corrected chi connectivity index (χ1v) is 13.7. The minimum absolute atomic E-state index is 0.0731. The fraction of sp³-hybridized carbons (Fsp3) is 0.355. The van der Waals surface area contributed by atoms with Crippen molar-refractivity contribution >= 4 is 40.7 Å². The number of Topliss-reactive ketones (excluding diaryl/α,β-unsaturated/α-hetero) is 2. The van der Waals surface area contributed by atoms with Crippen LogP contribution in [0.25, 0.3) is 5.76 Å². The number of allylic oxidation sites excluding steroid dienone is 2. The van der Waals surface area contributed by atoms with Crippen LogP contribution in [-0.4, -0.2) is 52.3 Å². The highest BCUT2D eigenvalue weighted by atomic mass is 35.5. The van der Waals surface area contributed by atoms with Crippen molar-refractivity contribution < 1.29 is 34.1 Å². The van der Waals surface area contributed by atoms with E-state index >= 15 is 0 Å². The molecule has 0 aliphatic heterocycles. The number of ether oxygens (including phenoxy) is 1. The van der Waals surface area contributed by atoms with E-state index in [1.807, 2.05) is 0 Å². The predicted molar refractivity (Wildman–Crippen MR) is 152 cm³/mol. The molecule has 4 N–H and O–H groups in total. The maximum Gasteiger partial charge on any atom is 0.258 e. The van der Waals surface area contributed by atoms with Gasteiger partial charge in [0.2, 0.25) is 0 Å². The van der Waals surface area contributed by atoms with Gasteiger partial charge in [0.05, 0.1) is 24.6 Å². The molecular weight excluding hydrogens is 548 g/mol. The molecule has 4 atom stereocenters. The minimum atomic E-state index is -1.34. The lowest BCUT2D eigenvalue weighted by molar-refractivity contribution is -0.130. The zero-order valence-electron chi connectivity index (χ0n) is 23.1. The van der Waals surface area contributed by atoms with Crippen molar-refractivity contribution in [2.45, 2.75) is 45.2 Å². The summed E-state index contributed by atoms with van der Waals surface area (Å²) in [7, 11) is 1.44. The van der Waals surface area contributed by atoms with Gasteiger partial charge in [-0.1, -0.05) is 29.8 Å². The molecule has 5 rings (SSSR count). The van der Waals surface area contributed by atoms with Gasteiger partial charge in [-0.3, -0.25) is 19.2 Å². The second-order valence-electron chi connectivity index (χ2n) is 11.7. The van der Waals surface area contributed by atoms with Crippen molar-refractivity contribution in [1.82, 2.24) is 10.6 Å². The van der Waals surface area contributed by atoms with Gasteiger partial charge in [-0.15, -0.1) is 0 Å². The number of benzene rings is 2. The van der Waals surface area contributed by atoms with Gasteiger partial charge in [0.1, 0.15) is 22.8 Å². The SMILES string of the molecule is COc1ccc(Cl)c2c1C(O)=C1C(=O)C3C(O)=C(C(=O)NC(C)(C)C)C(=O)C(NC(=O)c4ccccc4)C3CC1C2. The number of carbonyl (C=O) groups excluding carboxylic acids is 4. The van der Waals surface area contributed by atoms with Gasteiger partial charge in [0.25, 0.3) is 11.8 Å². The van der Waals surface area contributed by atoms with Crippen LogP contribution in [0.3, 0.4) is 0 Å². The maximum absolute atomic E-state index is 14.1. The molecule has 10 heteroatoms. The van der Waals surface area contributed by atoms with Crippen LogP contribution in [0.15, 0.2) is 59.4 Å². The van der Waals surface area contributed by atoms with Crippen LogP contribution in [0, 0.1) is 17.8 Å². The van der Waals surface area contributed by atoms with Crippen LogP contribution < -0.4 is 15.4 Å². The fourth-order valence-electron chi connectivity index (χ4n) is 6.16. The van der Waals surface area contributed by atoms with E-state index in [-0.39, 0.29) is 24.2 Å². The molecule has 4 unspecified atom stereocenters. The molecule has 41 heavy (non-hydrogen) atoms. The number of ketones is 2. The molecule has 0 bridgehead atoms. The third-order valence-electron chi connectivity index (χ3n) is 7.87. The molecular formula is C31H31ClN2O7. The van der Waals surface area contributed by atoms with E-state index in [2.05, 4.69) is 10.6 Å². The average Bonchev–Trinajstić information content (AvgIpc) is 2.90. The largest absolute Gasteiger partial charge is 0.511 e. The van der Waals surface area contributed by atoms with Crippen molar-refractivity contribution in [3.05, 3.63) is 81.1 Å². The minimum Gasteiger partial charge on any atom is -0.511 e. The smallest absolute Gasteiger partial charge is 0.258 e. The van der Waals surface area contributed by atoms with Crippen LogP contribution in [0.5, 0.6) is 5.75 Å². The maximum atomic E-state index is 14.1. The highest BCUT2D eigenvalue weighted by Gasteiger charge is 2.55. The van der Waals surface area contributed by atoms with Gasteiger partial charge in [-0.2, -0.15) is 0 Å². The number of halogens is 1.